The van der Waals surface area contributed by atoms with Crippen LogP contribution in [0.5, 0.6) is 0 Å². The summed E-state index contributed by atoms with van der Waals surface area (Å²) in [7, 11) is 0. The molecule has 2 nitrogen and oxygen atoms in total. The Labute approximate surface area is 131 Å². The van der Waals surface area contributed by atoms with Gasteiger partial charge in [0.25, 0.3) is 0 Å². The molecule has 3 heteroatoms. The van der Waals surface area contributed by atoms with Crippen molar-refractivity contribution in [2.24, 2.45) is 0 Å². The normalized spacial score (nSPS) is 16.0. The fourth-order valence-electron chi connectivity index (χ4n) is 2.97. The van der Waals surface area contributed by atoms with Crippen molar-refractivity contribution in [2.45, 2.75) is 25.8 Å². The van der Waals surface area contributed by atoms with Crippen LogP contribution in [-0.2, 0) is 0 Å². The van der Waals surface area contributed by atoms with Crippen LogP contribution in [-0.4, -0.2) is 13.1 Å². The zero-order chi connectivity index (χ0) is 14.7. The van der Waals surface area contributed by atoms with Gasteiger partial charge in [0.05, 0.1) is 17.4 Å². The van der Waals surface area contributed by atoms with E-state index in [4.69, 9.17) is 11.6 Å². The van der Waals surface area contributed by atoms with Crippen LogP contribution in [0.15, 0.2) is 48.5 Å². The summed E-state index contributed by atoms with van der Waals surface area (Å²) in [6.07, 6.45) is 2.57. The van der Waals surface area contributed by atoms with E-state index in [1.54, 1.807) is 0 Å². The lowest BCUT2D eigenvalue weighted by Crippen LogP contribution is -2.20. The van der Waals surface area contributed by atoms with E-state index in [2.05, 4.69) is 47.5 Å². The first-order valence-corrected chi connectivity index (χ1v) is 7.98. The number of hydrogen-bond donors (Lipinski definition) is 1. The quantitative estimate of drug-likeness (QED) is 0.843. The average Bonchev–Trinajstić information content (AvgIpc) is 3.02. The van der Waals surface area contributed by atoms with Gasteiger partial charge in [-0.2, -0.15) is 0 Å². The van der Waals surface area contributed by atoms with Gasteiger partial charge in [-0.1, -0.05) is 41.9 Å². The van der Waals surface area contributed by atoms with Crippen LogP contribution < -0.4 is 10.2 Å². The molecule has 21 heavy (non-hydrogen) atoms. The first kappa shape index (κ1) is 14.3. The molecule has 0 spiro atoms. The number of nitrogens with one attached hydrogen (secondary N) is 1. The molecule has 1 aliphatic heterocycles. The van der Waals surface area contributed by atoms with Crippen molar-refractivity contribution < 1.29 is 0 Å². The molecule has 2 aromatic carbocycles. The third-order valence-electron chi connectivity index (χ3n) is 4.09. The summed E-state index contributed by atoms with van der Waals surface area (Å²) in [6, 6.07) is 16.8. The summed E-state index contributed by atoms with van der Waals surface area (Å²) >= 11 is 6.30. The summed E-state index contributed by atoms with van der Waals surface area (Å²) in [5.41, 5.74) is 3.62. The van der Waals surface area contributed by atoms with Gasteiger partial charge in [0.1, 0.15) is 0 Å². The molecule has 110 valence electrons. The van der Waals surface area contributed by atoms with Crippen molar-refractivity contribution in [3.63, 3.8) is 0 Å². The Morgan fingerprint density at radius 1 is 1.00 bits per heavy atom. The van der Waals surface area contributed by atoms with Gasteiger partial charge in [0, 0.05) is 18.1 Å². The molecule has 0 radical (unpaired) electrons. The van der Waals surface area contributed by atoms with Crippen molar-refractivity contribution in [2.75, 3.05) is 23.3 Å². The topological polar surface area (TPSA) is 15.3 Å². The van der Waals surface area contributed by atoms with Crippen LogP contribution in [0.25, 0.3) is 0 Å². The van der Waals surface area contributed by atoms with E-state index in [9.17, 15) is 0 Å². The van der Waals surface area contributed by atoms with Crippen molar-refractivity contribution in [3.05, 3.63) is 59.1 Å². The van der Waals surface area contributed by atoms with Crippen molar-refractivity contribution in [1.82, 2.24) is 0 Å². The Bertz CT molecular complexity index is 606. The molecular weight excluding hydrogens is 280 g/mol. The Kier molecular flexibility index (Phi) is 4.35. The summed E-state index contributed by atoms with van der Waals surface area (Å²) < 4.78 is 0. The van der Waals surface area contributed by atoms with E-state index in [1.807, 2.05) is 18.2 Å². The molecule has 1 saturated heterocycles. The van der Waals surface area contributed by atoms with E-state index in [0.29, 0.717) is 0 Å². The Hall–Kier alpha value is -1.67. The molecule has 0 aliphatic carbocycles. The molecule has 0 saturated carbocycles. The van der Waals surface area contributed by atoms with Crippen LogP contribution in [0.1, 0.15) is 31.4 Å². The highest BCUT2D eigenvalue weighted by Gasteiger charge is 2.17. The predicted molar refractivity (Wildman–Crippen MR) is 91.4 cm³/mol. The molecule has 0 aromatic heterocycles. The summed E-state index contributed by atoms with van der Waals surface area (Å²) in [4.78, 5) is 2.46. The summed E-state index contributed by atoms with van der Waals surface area (Å²) in [6.45, 7) is 4.46. The summed E-state index contributed by atoms with van der Waals surface area (Å²) in [5.74, 6) is 0. The van der Waals surface area contributed by atoms with Crippen LogP contribution in [0.4, 0.5) is 11.4 Å². The monoisotopic (exact) mass is 300 g/mol. The zero-order valence-corrected chi connectivity index (χ0v) is 13.1. The molecule has 3 rings (SSSR count). The fraction of sp³-hybridized carbons (Fsp3) is 0.333. The molecule has 1 unspecified atom stereocenters. The maximum atomic E-state index is 6.30. The van der Waals surface area contributed by atoms with Crippen molar-refractivity contribution in [3.8, 4) is 0 Å². The van der Waals surface area contributed by atoms with Gasteiger partial charge in [0.2, 0.25) is 0 Å². The van der Waals surface area contributed by atoms with Crippen molar-refractivity contribution in [1.29, 1.82) is 0 Å². The van der Waals surface area contributed by atoms with Crippen molar-refractivity contribution >= 4 is 23.0 Å². The molecule has 1 atom stereocenters. The minimum Gasteiger partial charge on any atom is -0.377 e. The zero-order valence-electron chi connectivity index (χ0n) is 12.3. The van der Waals surface area contributed by atoms with Crippen LogP contribution in [0.3, 0.4) is 0 Å². The van der Waals surface area contributed by atoms with E-state index in [0.717, 1.165) is 23.7 Å². The molecule has 0 amide bonds. The fourth-order valence-corrected chi connectivity index (χ4v) is 3.27. The van der Waals surface area contributed by atoms with E-state index < -0.39 is 0 Å². The SMILES string of the molecule is CC(Nc1ccccc1N1CCCC1)c1ccccc1Cl. The Balaban J connectivity index is 1.83. The van der Waals surface area contributed by atoms with Crippen LogP contribution in [0, 0.1) is 0 Å². The van der Waals surface area contributed by atoms with Gasteiger partial charge in [-0.05, 0) is 43.5 Å². The van der Waals surface area contributed by atoms with Gasteiger partial charge in [0.15, 0.2) is 0 Å². The van der Waals surface area contributed by atoms with Gasteiger partial charge in [-0.15, -0.1) is 0 Å². The third kappa shape index (κ3) is 3.16. The maximum Gasteiger partial charge on any atom is 0.0602 e. The molecule has 1 heterocycles. The number of anilines is 2. The van der Waals surface area contributed by atoms with Gasteiger partial charge in [-0.3, -0.25) is 0 Å². The van der Waals surface area contributed by atoms with E-state index in [-0.39, 0.29) is 6.04 Å². The first-order valence-electron chi connectivity index (χ1n) is 7.60. The van der Waals surface area contributed by atoms with Gasteiger partial charge < -0.3 is 10.2 Å². The molecule has 1 N–H and O–H groups in total. The minimum absolute atomic E-state index is 0.183. The number of para-hydroxylation sites is 2. The highest BCUT2D eigenvalue weighted by Crippen LogP contribution is 2.32. The predicted octanol–water partition coefficient (Wildman–Crippen LogP) is 5.11. The largest absolute Gasteiger partial charge is 0.377 e. The number of rotatable bonds is 4. The standard InChI is InChI=1S/C18H21ClN2/c1-14(15-8-2-3-9-16(15)19)20-17-10-4-5-11-18(17)21-12-6-7-13-21/h2-5,8-11,14,20H,6-7,12-13H2,1H3. The number of halogens is 1. The lowest BCUT2D eigenvalue weighted by atomic mass is 10.1. The number of benzene rings is 2. The summed E-state index contributed by atoms with van der Waals surface area (Å²) in [5, 5.41) is 4.43. The average molecular weight is 301 g/mol. The number of nitrogens with zero attached hydrogens (tertiary/aromatic N) is 1. The second-order valence-electron chi connectivity index (χ2n) is 5.60. The first-order chi connectivity index (χ1) is 10.3. The highest BCUT2D eigenvalue weighted by atomic mass is 35.5. The molecule has 2 aromatic rings. The molecule has 1 fully saturated rings. The molecular formula is C18H21ClN2. The second kappa shape index (κ2) is 6.40. The second-order valence-corrected chi connectivity index (χ2v) is 6.01. The van der Waals surface area contributed by atoms with Crippen LogP contribution in [0.2, 0.25) is 5.02 Å². The maximum absolute atomic E-state index is 6.30. The third-order valence-corrected chi connectivity index (χ3v) is 4.44. The lowest BCUT2D eigenvalue weighted by Gasteiger charge is -2.24. The lowest BCUT2D eigenvalue weighted by molar-refractivity contribution is 0.878. The molecule has 0 bridgehead atoms. The smallest absolute Gasteiger partial charge is 0.0602 e. The van der Waals surface area contributed by atoms with Crippen LogP contribution >= 0.6 is 11.6 Å². The Morgan fingerprint density at radius 3 is 2.43 bits per heavy atom. The highest BCUT2D eigenvalue weighted by molar-refractivity contribution is 6.31. The molecule has 1 aliphatic rings. The Morgan fingerprint density at radius 2 is 1.67 bits per heavy atom. The minimum atomic E-state index is 0.183. The van der Waals surface area contributed by atoms with Gasteiger partial charge >= 0.3 is 0 Å². The van der Waals surface area contributed by atoms with Gasteiger partial charge in [-0.25, -0.2) is 0 Å². The number of hydrogen-bond acceptors (Lipinski definition) is 2. The van der Waals surface area contributed by atoms with E-state index in [1.165, 1.54) is 24.2 Å². The van der Waals surface area contributed by atoms with E-state index >= 15 is 0 Å².